The second-order valence-electron chi connectivity index (χ2n) is 4.88. The maximum Gasteiger partial charge on any atom is 0.0847 e. The Labute approximate surface area is 143 Å². The first-order valence-electron chi connectivity index (χ1n) is 6.81. The lowest BCUT2D eigenvalue weighted by atomic mass is 10.0. The molecule has 0 amide bonds. The summed E-state index contributed by atoms with van der Waals surface area (Å²) in [5.74, 6) is 0. The summed E-state index contributed by atoms with van der Waals surface area (Å²) in [6.45, 7) is 4.81. The summed E-state index contributed by atoms with van der Waals surface area (Å²) in [5, 5.41) is 9.25. The molecule has 1 aromatic heterocycles. The number of nitrogens with zero attached hydrogens (tertiary/aromatic N) is 2. The van der Waals surface area contributed by atoms with Crippen LogP contribution in [-0.4, -0.2) is 16.8 Å². The van der Waals surface area contributed by atoms with E-state index in [9.17, 15) is 0 Å². The SMILES string of the molecule is CCn1nc(C)c(Cl)c1CC(NC)c1ccc(Br)c(Cl)c1. The van der Waals surface area contributed by atoms with Crippen LogP contribution >= 0.6 is 39.1 Å². The highest BCUT2D eigenvalue weighted by Gasteiger charge is 2.18. The minimum absolute atomic E-state index is 0.134. The number of benzene rings is 1. The number of nitrogens with one attached hydrogen (secondary N) is 1. The molecular formula is C15H18BrCl2N3. The van der Waals surface area contributed by atoms with Crippen LogP contribution in [0.3, 0.4) is 0 Å². The maximum atomic E-state index is 6.39. The second kappa shape index (κ2) is 7.14. The smallest absolute Gasteiger partial charge is 0.0847 e. The van der Waals surface area contributed by atoms with Crippen molar-refractivity contribution >= 4 is 39.1 Å². The number of aryl methyl sites for hydroxylation is 2. The molecule has 0 aliphatic heterocycles. The Hall–Kier alpha value is -0.550. The standard InChI is InChI=1S/C15H18BrCl2N3/c1-4-21-14(15(18)9(2)20-21)8-13(19-3)10-5-6-11(16)12(17)7-10/h5-7,13,19H,4,8H2,1-3H3. The molecule has 0 fully saturated rings. The van der Waals surface area contributed by atoms with E-state index in [4.69, 9.17) is 23.2 Å². The van der Waals surface area contributed by atoms with Gasteiger partial charge in [-0.2, -0.15) is 5.10 Å². The molecule has 3 nitrogen and oxygen atoms in total. The zero-order valence-corrected chi connectivity index (χ0v) is 15.3. The molecule has 0 aliphatic rings. The lowest BCUT2D eigenvalue weighted by molar-refractivity contribution is 0.541. The summed E-state index contributed by atoms with van der Waals surface area (Å²) in [4.78, 5) is 0. The zero-order chi connectivity index (χ0) is 15.6. The van der Waals surface area contributed by atoms with Gasteiger partial charge >= 0.3 is 0 Å². The van der Waals surface area contributed by atoms with Crippen molar-refractivity contribution in [3.05, 3.63) is 49.7 Å². The molecule has 0 spiro atoms. The van der Waals surface area contributed by atoms with Gasteiger partial charge in [0.1, 0.15) is 0 Å². The lowest BCUT2D eigenvalue weighted by Crippen LogP contribution is -2.20. The van der Waals surface area contributed by atoms with Crippen LogP contribution in [0.2, 0.25) is 10.0 Å². The van der Waals surface area contributed by atoms with Gasteiger partial charge in [-0.1, -0.05) is 29.3 Å². The number of aromatic nitrogens is 2. The normalized spacial score (nSPS) is 12.7. The summed E-state index contributed by atoms with van der Waals surface area (Å²) in [5.41, 5.74) is 3.05. The topological polar surface area (TPSA) is 29.9 Å². The molecule has 2 aromatic rings. The number of halogens is 3. The highest BCUT2D eigenvalue weighted by molar-refractivity contribution is 9.10. The van der Waals surface area contributed by atoms with Crippen LogP contribution in [0.1, 0.15) is 29.9 Å². The Bertz CT molecular complexity index is 640. The molecule has 0 aliphatic carbocycles. The molecule has 0 bridgehead atoms. The van der Waals surface area contributed by atoms with E-state index in [1.54, 1.807) is 0 Å². The zero-order valence-electron chi connectivity index (χ0n) is 12.3. The quantitative estimate of drug-likeness (QED) is 0.795. The first-order chi connectivity index (χ1) is 9.97. The molecule has 6 heteroatoms. The predicted molar refractivity (Wildman–Crippen MR) is 92.3 cm³/mol. The van der Waals surface area contributed by atoms with Gasteiger partial charge in [-0.3, -0.25) is 4.68 Å². The number of hydrogen-bond donors (Lipinski definition) is 1. The van der Waals surface area contributed by atoms with Crippen molar-refractivity contribution < 1.29 is 0 Å². The molecule has 0 saturated heterocycles. The van der Waals surface area contributed by atoms with Crippen molar-refractivity contribution in [1.29, 1.82) is 0 Å². The van der Waals surface area contributed by atoms with Crippen molar-refractivity contribution in [2.24, 2.45) is 0 Å². The Morgan fingerprint density at radius 3 is 2.67 bits per heavy atom. The molecule has 21 heavy (non-hydrogen) atoms. The molecule has 114 valence electrons. The molecule has 1 N–H and O–H groups in total. The van der Waals surface area contributed by atoms with E-state index >= 15 is 0 Å². The van der Waals surface area contributed by atoms with E-state index in [2.05, 4.69) is 39.3 Å². The molecule has 2 rings (SSSR count). The van der Waals surface area contributed by atoms with Gasteiger partial charge in [0.25, 0.3) is 0 Å². The third kappa shape index (κ3) is 3.62. The van der Waals surface area contributed by atoms with Crippen LogP contribution in [0.15, 0.2) is 22.7 Å². The van der Waals surface area contributed by atoms with E-state index < -0.39 is 0 Å². The van der Waals surface area contributed by atoms with Crippen LogP contribution in [0.25, 0.3) is 0 Å². The van der Waals surface area contributed by atoms with Crippen LogP contribution in [0, 0.1) is 6.92 Å². The van der Waals surface area contributed by atoms with Crippen LogP contribution < -0.4 is 5.32 Å². The van der Waals surface area contributed by atoms with Gasteiger partial charge in [-0.25, -0.2) is 0 Å². The first kappa shape index (κ1) is 16.8. The largest absolute Gasteiger partial charge is 0.313 e. The molecule has 0 saturated carbocycles. The summed E-state index contributed by atoms with van der Waals surface area (Å²) in [6, 6.07) is 6.13. The minimum Gasteiger partial charge on any atom is -0.313 e. The van der Waals surface area contributed by atoms with E-state index in [0.29, 0.717) is 5.02 Å². The Kier molecular flexibility index (Phi) is 5.72. The molecule has 1 heterocycles. The van der Waals surface area contributed by atoms with Crippen LogP contribution in [0.4, 0.5) is 0 Å². The third-order valence-electron chi connectivity index (χ3n) is 3.54. The Balaban J connectivity index is 2.33. The lowest BCUT2D eigenvalue weighted by Gasteiger charge is -2.18. The Morgan fingerprint density at radius 2 is 2.10 bits per heavy atom. The van der Waals surface area contributed by atoms with Crippen molar-refractivity contribution in [3.8, 4) is 0 Å². The highest BCUT2D eigenvalue weighted by atomic mass is 79.9. The van der Waals surface area contributed by atoms with Crippen LogP contribution in [0.5, 0.6) is 0 Å². The number of hydrogen-bond acceptors (Lipinski definition) is 2. The van der Waals surface area contributed by atoms with Crippen molar-refractivity contribution in [2.75, 3.05) is 7.05 Å². The Morgan fingerprint density at radius 1 is 1.38 bits per heavy atom. The van der Waals surface area contributed by atoms with Crippen molar-refractivity contribution in [1.82, 2.24) is 15.1 Å². The third-order valence-corrected chi connectivity index (χ3v) is 5.27. The maximum absolute atomic E-state index is 6.39. The number of rotatable bonds is 5. The average molecular weight is 391 g/mol. The molecule has 0 radical (unpaired) electrons. The molecule has 1 atom stereocenters. The van der Waals surface area contributed by atoms with E-state index in [1.807, 2.05) is 30.8 Å². The minimum atomic E-state index is 0.134. The molecule has 1 unspecified atom stereocenters. The van der Waals surface area contributed by atoms with Crippen LogP contribution in [-0.2, 0) is 13.0 Å². The van der Waals surface area contributed by atoms with Gasteiger partial charge in [0.05, 0.1) is 21.4 Å². The molecular weight excluding hydrogens is 373 g/mol. The summed E-state index contributed by atoms with van der Waals surface area (Å²) in [6.07, 6.45) is 0.766. The summed E-state index contributed by atoms with van der Waals surface area (Å²) >= 11 is 16.0. The van der Waals surface area contributed by atoms with Gasteiger partial charge in [-0.15, -0.1) is 0 Å². The fourth-order valence-electron chi connectivity index (χ4n) is 2.37. The average Bonchev–Trinajstić information content (AvgIpc) is 2.75. The molecule has 1 aromatic carbocycles. The predicted octanol–water partition coefficient (Wildman–Crippen LogP) is 4.78. The van der Waals surface area contributed by atoms with Gasteiger partial charge < -0.3 is 5.32 Å². The van der Waals surface area contributed by atoms with Crippen molar-refractivity contribution in [3.63, 3.8) is 0 Å². The number of likely N-dealkylation sites (N-methyl/N-ethyl adjacent to an activating group) is 1. The highest BCUT2D eigenvalue weighted by Crippen LogP contribution is 2.29. The second-order valence-corrected chi connectivity index (χ2v) is 6.52. The van der Waals surface area contributed by atoms with Gasteiger partial charge in [0, 0.05) is 23.5 Å². The summed E-state index contributed by atoms with van der Waals surface area (Å²) in [7, 11) is 1.94. The first-order valence-corrected chi connectivity index (χ1v) is 8.36. The monoisotopic (exact) mass is 389 g/mol. The summed E-state index contributed by atoms with van der Waals surface area (Å²) < 4.78 is 2.86. The van der Waals surface area contributed by atoms with Gasteiger partial charge in [-0.05, 0) is 54.5 Å². The van der Waals surface area contributed by atoms with Gasteiger partial charge in [0.15, 0.2) is 0 Å². The van der Waals surface area contributed by atoms with E-state index in [-0.39, 0.29) is 6.04 Å². The fourth-order valence-corrected chi connectivity index (χ4v) is 3.02. The van der Waals surface area contributed by atoms with E-state index in [0.717, 1.165) is 39.4 Å². The fraction of sp³-hybridized carbons (Fsp3) is 0.400. The van der Waals surface area contributed by atoms with Crippen molar-refractivity contribution in [2.45, 2.75) is 32.9 Å². The van der Waals surface area contributed by atoms with Gasteiger partial charge in [0.2, 0.25) is 0 Å². The van der Waals surface area contributed by atoms with E-state index in [1.165, 1.54) is 0 Å².